The van der Waals surface area contributed by atoms with Gasteiger partial charge in [0.15, 0.2) is 5.60 Å². The van der Waals surface area contributed by atoms with Crippen LogP contribution in [0.5, 0.6) is 0 Å². The molecule has 0 unspecified atom stereocenters. The predicted molar refractivity (Wildman–Crippen MR) is 152 cm³/mol. The van der Waals surface area contributed by atoms with Gasteiger partial charge in [-0.2, -0.15) is 0 Å². The van der Waals surface area contributed by atoms with Gasteiger partial charge in [0, 0.05) is 17.9 Å². The number of amides is 1. The molecule has 0 heterocycles. The molecule has 204 valence electrons. The van der Waals surface area contributed by atoms with Crippen molar-refractivity contribution in [2.75, 3.05) is 0 Å². The van der Waals surface area contributed by atoms with Crippen molar-refractivity contribution in [2.45, 2.75) is 85.5 Å². The van der Waals surface area contributed by atoms with Crippen LogP contribution in [0.3, 0.4) is 0 Å². The number of carbonyl (C=O) groups excluding carboxylic acids is 1. The molecular formula is C30H45NO5Si. The van der Waals surface area contributed by atoms with Crippen LogP contribution in [0, 0.1) is 16.7 Å². The van der Waals surface area contributed by atoms with Gasteiger partial charge in [-0.05, 0) is 49.7 Å². The number of alkyl carbamates (subject to hydrolysis) is 1. The average Bonchev–Trinajstić information content (AvgIpc) is 2.76. The van der Waals surface area contributed by atoms with E-state index >= 15 is 0 Å². The summed E-state index contributed by atoms with van der Waals surface area (Å²) in [5, 5.41) is 13.9. The molecule has 0 aliphatic rings. The van der Waals surface area contributed by atoms with Gasteiger partial charge in [0.1, 0.15) is 16.1 Å². The number of aliphatic carboxylic acids is 1. The lowest BCUT2D eigenvalue weighted by Gasteiger charge is -2.54. The standard InChI is InChI=1S/C30H45NO5Si/c1-27(2,3)24(23(19-21-15-11-9-12-16-21)31-26(34)35-28(4,5)6)29(7,8)30(36-37,25(32)33)20-22-17-13-10-14-18-22/h9-18,23-24H,19-20H2,1-8,37H3,(H,31,34)(H,32,33)/t23-,24+,30+/m1/s1. The van der Waals surface area contributed by atoms with Gasteiger partial charge in [-0.25, -0.2) is 9.59 Å². The predicted octanol–water partition coefficient (Wildman–Crippen LogP) is 5.17. The first-order chi connectivity index (χ1) is 17.0. The highest BCUT2D eigenvalue weighted by Gasteiger charge is 2.59. The molecule has 6 nitrogen and oxygen atoms in total. The van der Waals surface area contributed by atoms with E-state index in [2.05, 4.69) is 26.1 Å². The van der Waals surface area contributed by atoms with Crippen molar-refractivity contribution in [3.05, 3.63) is 71.8 Å². The minimum Gasteiger partial charge on any atom is -0.479 e. The molecule has 0 bridgehead atoms. The van der Waals surface area contributed by atoms with E-state index in [1.807, 2.05) is 95.3 Å². The van der Waals surface area contributed by atoms with E-state index in [1.165, 1.54) is 0 Å². The maximum Gasteiger partial charge on any atom is 0.407 e. The van der Waals surface area contributed by atoms with E-state index in [9.17, 15) is 14.7 Å². The zero-order valence-corrected chi connectivity index (χ0v) is 25.9. The molecule has 2 aromatic rings. The van der Waals surface area contributed by atoms with Crippen LogP contribution in [0.25, 0.3) is 0 Å². The maximum absolute atomic E-state index is 13.1. The third-order valence-electron chi connectivity index (χ3n) is 7.14. The van der Waals surface area contributed by atoms with Crippen LogP contribution in [0.1, 0.15) is 66.5 Å². The van der Waals surface area contributed by atoms with Gasteiger partial charge in [0.25, 0.3) is 0 Å². The molecule has 0 fully saturated rings. The first-order valence-electron chi connectivity index (χ1n) is 12.9. The summed E-state index contributed by atoms with van der Waals surface area (Å²) >= 11 is 0. The van der Waals surface area contributed by atoms with Gasteiger partial charge < -0.3 is 19.6 Å². The summed E-state index contributed by atoms with van der Waals surface area (Å²) in [6, 6.07) is 19.1. The molecule has 0 spiro atoms. The molecule has 0 radical (unpaired) electrons. The van der Waals surface area contributed by atoms with Crippen LogP contribution in [-0.4, -0.2) is 44.9 Å². The van der Waals surface area contributed by atoms with Crippen LogP contribution in [0.4, 0.5) is 4.79 Å². The topological polar surface area (TPSA) is 84.9 Å². The molecule has 0 saturated carbocycles. The molecule has 2 N–H and O–H groups in total. The van der Waals surface area contributed by atoms with E-state index in [-0.39, 0.29) is 22.8 Å². The summed E-state index contributed by atoms with van der Waals surface area (Å²) < 4.78 is 11.8. The Bertz CT molecular complexity index is 1030. The lowest BCUT2D eigenvalue weighted by Crippen LogP contribution is -2.64. The molecular weight excluding hydrogens is 482 g/mol. The molecule has 3 atom stereocenters. The summed E-state index contributed by atoms with van der Waals surface area (Å²) in [5.41, 5.74) is -1.52. The van der Waals surface area contributed by atoms with E-state index in [0.29, 0.717) is 6.42 Å². The third-order valence-corrected chi connectivity index (χ3v) is 7.84. The van der Waals surface area contributed by atoms with Crippen molar-refractivity contribution >= 4 is 22.5 Å². The smallest absolute Gasteiger partial charge is 0.407 e. The molecule has 37 heavy (non-hydrogen) atoms. The minimum atomic E-state index is -1.50. The molecule has 1 amide bonds. The first-order valence-corrected chi connectivity index (χ1v) is 13.7. The number of hydrogen-bond acceptors (Lipinski definition) is 4. The lowest BCUT2D eigenvalue weighted by atomic mass is 9.54. The SMILES string of the molecule is CC(C)(C)OC(=O)N[C@H](Cc1ccccc1)[C@@H](C(C)(C)C)C(C)(C)[C@@](Cc1ccccc1)(O[SiH3])C(=O)O. The Hall–Kier alpha value is -2.64. The number of carbonyl (C=O) groups is 2. The van der Waals surface area contributed by atoms with Gasteiger partial charge in [0.05, 0.1) is 0 Å². The van der Waals surface area contributed by atoms with Gasteiger partial charge in [0.2, 0.25) is 0 Å². The Balaban J connectivity index is 2.67. The fourth-order valence-corrected chi connectivity index (χ4v) is 6.75. The highest BCUT2D eigenvalue weighted by atomic mass is 28.2. The van der Waals surface area contributed by atoms with E-state index < -0.39 is 40.1 Å². The van der Waals surface area contributed by atoms with Crippen molar-refractivity contribution in [1.82, 2.24) is 5.32 Å². The van der Waals surface area contributed by atoms with Crippen molar-refractivity contribution in [3.8, 4) is 0 Å². The molecule has 2 aromatic carbocycles. The maximum atomic E-state index is 13.1. The molecule has 0 aliphatic carbocycles. The van der Waals surface area contributed by atoms with Crippen LogP contribution in [0.2, 0.25) is 0 Å². The summed E-state index contributed by atoms with van der Waals surface area (Å²) in [5.74, 6) is -1.30. The number of carboxylic acid groups (broad SMARTS) is 1. The highest BCUT2D eigenvalue weighted by Crippen LogP contribution is 2.51. The molecule has 0 aliphatic heterocycles. The number of benzene rings is 2. The van der Waals surface area contributed by atoms with E-state index in [1.54, 1.807) is 0 Å². The second-order valence-electron chi connectivity index (χ2n) is 12.5. The molecule has 7 heteroatoms. The van der Waals surface area contributed by atoms with Gasteiger partial charge >= 0.3 is 12.1 Å². The van der Waals surface area contributed by atoms with Gasteiger partial charge in [-0.15, -0.1) is 0 Å². The zero-order valence-electron chi connectivity index (χ0n) is 23.9. The number of hydrogen-bond donors (Lipinski definition) is 2. The number of ether oxygens (including phenoxy) is 1. The third kappa shape index (κ3) is 7.68. The Labute approximate surface area is 225 Å². The van der Waals surface area contributed by atoms with Crippen LogP contribution in [0.15, 0.2) is 60.7 Å². The summed E-state index contributed by atoms with van der Waals surface area (Å²) in [4.78, 5) is 26.2. The van der Waals surface area contributed by atoms with Gasteiger partial charge in [-0.3, -0.25) is 0 Å². The van der Waals surface area contributed by atoms with Crippen molar-refractivity contribution in [3.63, 3.8) is 0 Å². The highest BCUT2D eigenvalue weighted by molar-refractivity contribution is 6.00. The second kappa shape index (κ2) is 11.8. The fraction of sp³-hybridized carbons (Fsp3) is 0.533. The quantitative estimate of drug-likeness (QED) is 0.416. The van der Waals surface area contributed by atoms with Crippen LogP contribution >= 0.6 is 0 Å². The van der Waals surface area contributed by atoms with Crippen molar-refractivity contribution in [2.24, 2.45) is 16.7 Å². The Kier molecular flexibility index (Phi) is 9.77. The molecule has 0 aromatic heterocycles. The molecule has 0 saturated heterocycles. The number of rotatable bonds is 10. The van der Waals surface area contributed by atoms with Crippen molar-refractivity contribution < 1.29 is 23.9 Å². The zero-order chi connectivity index (χ0) is 28.1. The largest absolute Gasteiger partial charge is 0.479 e. The average molecular weight is 528 g/mol. The Morgan fingerprint density at radius 2 is 1.35 bits per heavy atom. The Morgan fingerprint density at radius 1 is 0.865 bits per heavy atom. The van der Waals surface area contributed by atoms with Crippen molar-refractivity contribution in [1.29, 1.82) is 0 Å². The summed E-state index contributed by atoms with van der Waals surface area (Å²) in [6.07, 6.45) is 0.221. The number of carboxylic acids is 1. The fourth-order valence-electron chi connectivity index (χ4n) is 5.90. The van der Waals surface area contributed by atoms with Gasteiger partial charge in [-0.1, -0.05) is 95.3 Å². The first kappa shape index (κ1) is 30.6. The molecule has 2 rings (SSSR count). The lowest BCUT2D eigenvalue weighted by molar-refractivity contribution is -0.178. The van der Waals surface area contributed by atoms with Crippen LogP contribution in [-0.2, 0) is 26.8 Å². The summed E-state index contributed by atoms with van der Waals surface area (Å²) in [6.45, 7) is 15.7. The monoisotopic (exact) mass is 527 g/mol. The van der Waals surface area contributed by atoms with Crippen LogP contribution < -0.4 is 5.32 Å². The minimum absolute atomic E-state index is 0.219. The normalized spacial score (nSPS) is 15.9. The number of nitrogens with one attached hydrogen (secondary N) is 1. The van der Waals surface area contributed by atoms with E-state index in [4.69, 9.17) is 9.16 Å². The van der Waals surface area contributed by atoms with E-state index in [0.717, 1.165) is 11.1 Å². The Morgan fingerprint density at radius 3 is 1.76 bits per heavy atom. The summed E-state index contributed by atoms with van der Waals surface area (Å²) in [7, 11) is 0.241. The second-order valence-corrected chi connectivity index (χ2v) is 12.9.